The van der Waals surface area contributed by atoms with Crippen molar-refractivity contribution in [1.29, 1.82) is 0 Å². The first-order valence-corrected chi connectivity index (χ1v) is 10.5. The van der Waals surface area contributed by atoms with E-state index in [2.05, 4.69) is 17.4 Å². The van der Waals surface area contributed by atoms with Crippen molar-refractivity contribution in [3.8, 4) is 5.75 Å². The molecule has 2 aromatic rings. The topological polar surface area (TPSA) is 64.6 Å². The van der Waals surface area contributed by atoms with Crippen molar-refractivity contribution in [3.63, 3.8) is 0 Å². The summed E-state index contributed by atoms with van der Waals surface area (Å²) in [6, 6.07) is 13.9. The number of aryl methyl sites for hydroxylation is 2. The molecular formula is C25H31NO4. The second-order valence-corrected chi connectivity index (χ2v) is 8.14. The monoisotopic (exact) mass is 409 g/mol. The van der Waals surface area contributed by atoms with Crippen LogP contribution in [0.5, 0.6) is 5.75 Å². The Morgan fingerprint density at radius 2 is 1.73 bits per heavy atom. The zero-order valence-electron chi connectivity index (χ0n) is 18.1. The SMILES string of the molecule is COc1ccc(C2(CNC(=O)CCC(=O)c3cc(C)ccc3C)CCOCC2)cc1. The smallest absolute Gasteiger partial charge is 0.220 e. The highest BCUT2D eigenvalue weighted by atomic mass is 16.5. The largest absolute Gasteiger partial charge is 0.497 e. The van der Waals surface area contributed by atoms with Crippen molar-refractivity contribution in [1.82, 2.24) is 5.32 Å². The number of methoxy groups -OCH3 is 1. The van der Waals surface area contributed by atoms with Crippen molar-refractivity contribution in [3.05, 3.63) is 64.7 Å². The maximum absolute atomic E-state index is 12.6. The van der Waals surface area contributed by atoms with Gasteiger partial charge in [-0.2, -0.15) is 0 Å². The third-order valence-electron chi connectivity index (χ3n) is 6.05. The van der Waals surface area contributed by atoms with Crippen LogP contribution in [0, 0.1) is 13.8 Å². The quantitative estimate of drug-likeness (QED) is 0.666. The molecule has 1 saturated heterocycles. The summed E-state index contributed by atoms with van der Waals surface area (Å²) in [4.78, 5) is 25.1. The second kappa shape index (κ2) is 9.90. The van der Waals surface area contributed by atoms with Crippen LogP contribution in [0.15, 0.2) is 42.5 Å². The van der Waals surface area contributed by atoms with E-state index in [0.29, 0.717) is 25.3 Å². The van der Waals surface area contributed by atoms with E-state index in [4.69, 9.17) is 9.47 Å². The van der Waals surface area contributed by atoms with Gasteiger partial charge < -0.3 is 14.8 Å². The molecule has 1 N–H and O–H groups in total. The number of amides is 1. The van der Waals surface area contributed by atoms with Crippen LogP contribution >= 0.6 is 0 Å². The highest BCUT2D eigenvalue weighted by molar-refractivity contribution is 5.99. The van der Waals surface area contributed by atoms with Crippen LogP contribution in [0.25, 0.3) is 0 Å². The molecule has 1 fully saturated rings. The third kappa shape index (κ3) is 5.28. The summed E-state index contributed by atoms with van der Waals surface area (Å²) >= 11 is 0. The molecule has 3 rings (SSSR count). The van der Waals surface area contributed by atoms with Crippen LogP contribution < -0.4 is 10.1 Å². The van der Waals surface area contributed by atoms with Crippen LogP contribution in [-0.4, -0.2) is 38.6 Å². The predicted octanol–water partition coefficient (Wildman–Crippen LogP) is 4.14. The molecule has 160 valence electrons. The summed E-state index contributed by atoms with van der Waals surface area (Å²) in [5, 5.41) is 3.08. The summed E-state index contributed by atoms with van der Waals surface area (Å²) < 4.78 is 10.8. The van der Waals surface area contributed by atoms with Crippen molar-refractivity contribution >= 4 is 11.7 Å². The number of carbonyl (C=O) groups is 2. The molecule has 1 aliphatic heterocycles. The number of carbonyl (C=O) groups excluding carboxylic acids is 2. The lowest BCUT2D eigenvalue weighted by atomic mass is 9.74. The number of benzene rings is 2. The minimum Gasteiger partial charge on any atom is -0.497 e. The highest BCUT2D eigenvalue weighted by Gasteiger charge is 2.34. The van der Waals surface area contributed by atoms with E-state index in [-0.39, 0.29) is 29.9 Å². The van der Waals surface area contributed by atoms with Gasteiger partial charge in [-0.3, -0.25) is 9.59 Å². The molecule has 0 aliphatic carbocycles. The fraction of sp³-hybridized carbons (Fsp3) is 0.440. The Labute approximate surface area is 178 Å². The van der Waals surface area contributed by atoms with Crippen LogP contribution in [0.1, 0.15) is 52.7 Å². The van der Waals surface area contributed by atoms with Gasteiger partial charge in [0.2, 0.25) is 5.91 Å². The van der Waals surface area contributed by atoms with Crippen LogP contribution in [-0.2, 0) is 14.9 Å². The van der Waals surface area contributed by atoms with Crippen LogP contribution in [0.2, 0.25) is 0 Å². The van der Waals surface area contributed by atoms with Crippen molar-refractivity contribution < 1.29 is 19.1 Å². The zero-order chi connectivity index (χ0) is 21.6. The number of hydrogen-bond acceptors (Lipinski definition) is 4. The molecule has 0 atom stereocenters. The van der Waals surface area contributed by atoms with E-state index in [9.17, 15) is 9.59 Å². The lowest BCUT2D eigenvalue weighted by molar-refractivity contribution is -0.121. The van der Waals surface area contributed by atoms with Gasteiger partial charge in [0, 0.05) is 43.6 Å². The molecule has 2 aromatic carbocycles. The van der Waals surface area contributed by atoms with E-state index in [1.54, 1.807) is 7.11 Å². The number of rotatable bonds is 8. The summed E-state index contributed by atoms with van der Waals surface area (Å²) in [6.45, 7) is 5.78. The molecule has 0 unspecified atom stereocenters. The molecule has 1 heterocycles. The van der Waals surface area contributed by atoms with Crippen molar-refractivity contribution in [2.75, 3.05) is 26.9 Å². The van der Waals surface area contributed by atoms with Gasteiger partial charge in [0.05, 0.1) is 7.11 Å². The molecule has 30 heavy (non-hydrogen) atoms. The number of hydrogen-bond donors (Lipinski definition) is 1. The van der Waals surface area contributed by atoms with Crippen molar-refractivity contribution in [2.45, 2.75) is 44.9 Å². The molecule has 5 nitrogen and oxygen atoms in total. The van der Waals surface area contributed by atoms with E-state index in [1.165, 1.54) is 5.56 Å². The Morgan fingerprint density at radius 1 is 1.03 bits per heavy atom. The summed E-state index contributed by atoms with van der Waals surface area (Å²) in [5.74, 6) is 0.741. The normalized spacial score (nSPS) is 15.4. The first kappa shape index (κ1) is 22.0. The van der Waals surface area contributed by atoms with Gasteiger partial charge in [-0.1, -0.05) is 29.8 Å². The first-order valence-electron chi connectivity index (χ1n) is 10.5. The van der Waals surface area contributed by atoms with Crippen LogP contribution in [0.4, 0.5) is 0 Å². The van der Waals surface area contributed by atoms with Gasteiger partial charge >= 0.3 is 0 Å². The average Bonchev–Trinajstić information content (AvgIpc) is 2.78. The molecule has 0 saturated carbocycles. The number of nitrogens with one attached hydrogen (secondary N) is 1. The number of Topliss-reactive ketones (excluding diaryl/α,β-unsaturated/α-hetero) is 1. The molecule has 1 amide bonds. The Kier molecular flexibility index (Phi) is 7.27. The third-order valence-corrected chi connectivity index (χ3v) is 6.05. The van der Waals surface area contributed by atoms with E-state index < -0.39 is 0 Å². The lowest BCUT2D eigenvalue weighted by Crippen LogP contribution is -2.44. The van der Waals surface area contributed by atoms with Gasteiger partial charge in [-0.15, -0.1) is 0 Å². The van der Waals surface area contributed by atoms with Gasteiger partial charge in [-0.05, 0) is 56.0 Å². The molecule has 0 spiro atoms. The number of ether oxygens (including phenoxy) is 2. The Hall–Kier alpha value is -2.66. The molecule has 0 aromatic heterocycles. The minimum atomic E-state index is -0.155. The first-order chi connectivity index (χ1) is 14.4. The van der Waals surface area contributed by atoms with Gasteiger partial charge in [0.25, 0.3) is 0 Å². The van der Waals surface area contributed by atoms with Crippen molar-refractivity contribution in [2.24, 2.45) is 0 Å². The van der Waals surface area contributed by atoms with E-state index >= 15 is 0 Å². The Bertz CT molecular complexity index is 883. The fourth-order valence-electron chi connectivity index (χ4n) is 4.03. The summed E-state index contributed by atoms with van der Waals surface area (Å²) in [7, 11) is 1.65. The molecular weight excluding hydrogens is 378 g/mol. The Morgan fingerprint density at radius 3 is 2.40 bits per heavy atom. The summed E-state index contributed by atoms with van der Waals surface area (Å²) in [5.41, 5.74) is 3.73. The highest BCUT2D eigenvalue weighted by Crippen LogP contribution is 2.35. The van der Waals surface area contributed by atoms with E-state index in [1.807, 2.05) is 44.2 Å². The fourth-order valence-corrected chi connectivity index (χ4v) is 4.03. The zero-order valence-corrected chi connectivity index (χ0v) is 18.1. The number of ketones is 1. The molecule has 5 heteroatoms. The van der Waals surface area contributed by atoms with Gasteiger partial charge in [0.1, 0.15) is 5.75 Å². The Balaban J connectivity index is 1.60. The van der Waals surface area contributed by atoms with Crippen LogP contribution in [0.3, 0.4) is 0 Å². The standard InChI is InChI=1S/C25H31NO4/c1-18-4-5-19(2)22(16-18)23(27)10-11-24(28)26-17-25(12-14-30-15-13-25)20-6-8-21(29-3)9-7-20/h4-9,16H,10-15,17H2,1-3H3,(H,26,28). The molecule has 0 bridgehead atoms. The maximum atomic E-state index is 12.6. The van der Waals surface area contributed by atoms with E-state index in [0.717, 1.165) is 29.7 Å². The summed E-state index contributed by atoms with van der Waals surface area (Å²) in [6.07, 6.45) is 2.11. The molecule has 0 radical (unpaired) electrons. The van der Waals surface area contributed by atoms with Gasteiger partial charge in [0.15, 0.2) is 5.78 Å². The van der Waals surface area contributed by atoms with Gasteiger partial charge in [-0.25, -0.2) is 0 Å². The lowest BCUT2D eigenvalue weighted by Gasteiger charge is -2.38. The minimum absolute atomic E-state index is 0.0160. The molecule has 1 aliphatic rings. The maximum Gasteiger partial charge on any atom is 0.220 e. The predicted molar refractivity (Wildman–Crippen MR) is 117 cm³/mol. The second-order valence-electron chi connectivity index (χ2n) is 8.14. The average molecular weight is 410 g/mol.